The highest BCUT2D eigenvalue weighted by Gasteiger charge is 2.20. The van der Waals surface area contributed by atoms with Crippen LogP contribution < -0.4 is 5.32 Å². The average molecular weight is 400 g/mol. The Bertz CT molecular complexity index is 1060. The summed E-state index contributed by atoms with van der Waals surface area (Å²) < 4.78 is 25.5. The molecule has 0 unspecified atom stereocenters. The van der Waals surface area contributed by atoms with Gasteiger partial charge in [-0.25, -0.2) is 8.42 Å². The Kier molecular flexibility index (Phi) is 6.16. The molecule has 6 nitrogen and oxygen atoms in total. The average Bonchev–Trinajstić information content (AvgIpc) is 3.08. The van der Waals surface area contributed by atoms with Crippen molar-refractivity contribution in [3.63, 3.8) is 0 Å². The van der Waals surface area contributed by atoms with Gasteiger partial charge >= 0.3 is 0 Å². The number of aromatic nitrogens is 1. The third-order valence-corrected chi connectivity index (χ3v) is 5.99. The standard InChI is InChI=1S/C21H25N3O3S/c1-3-16-8-10-18(11-9-16)23-21(25)15-24(28(2,26)27)13-12-17-14-22-20-7-5-4-6-19(17)20/h4-11,14,22H,3,12-13,15H2,1-2H3,(H,23,25). The molecule has 2 N–H and O–H groups in total. The zero-order valence-electron chi connectivity index (χ0n) is 16.1. The van der Waals surface area contributed by atoms with E-state index in [0.29, 0.717) is 12.1 Å². The van der Waals surface area contributed by atoms with Gasteiger partial charge in [0.1, 0.15) is 0 Å². The molecule has 2 aromatic carbocycles. The molecular weight excluding hydrogens is 374 g/mol. The number of hydrogen-bond donors (Lipinski definition) is 2. The van der Waals surface area contributed by atoms with Gasteiger partial charge in [-0.1, -0.05) is 37.3 Å². The molecule has 7 heteroatoms. The van der Waals surface area contributed by atoms with Crippen LogP contribution in [0.4, 0.5) is 5.69 Å². The number of amides is 1. The van der Waals surface area contributed by atoms with E-state index in [1.165, 1.54) is 9.87 Å². The molecule has 3 rings (SSSR count). The van der Waals surface area contributed by atoms with Crippen LogP contribution in [0.15, 0.2) is 54.7 Å². The van der Waals surface area contributed by atoms with Gasteiger partial charge < -0.3 is 10.3 Å². The van der Waals surface area contributed by atoms with Crippen molar-refractivity contribution in [2.75, 3.05) is 24.7 Å². The highest BCUT2D eigenvalue weighted by Crippen LogP contribution is 2.19. The summed E-state index contributed by atoms with van der Waals surface area (Å²) in [5.74, 6) is -0.353. The van der Waals surface area contributed by atoms with Crippen LogP contribution in [0.3, 0.4) is 0 Å². The van der Waals surface area contributed by atoms with Crippen LogP contribution in [-0.4, -0.2) is 43.0 Å². The van der Waals surface area contributed by atoms with Crippen molar-refractivity contribution in [2.24, 2.45) is 0 Å². The van der Waals surface area contributed by atoms with Crippen molar-refractivity contribution in [2.45, 2.75) is 19.8 Å². The van der Waals surface area contributed by atoms with E-state index in [1.54, 1.807) is 0 Å². The Morgan fingerprint density at radius 2 is 1.82 bits per heavy atom. The second kappa shape index (κ2) is 8.58. The summed E-state index contributed by atoms with van der Waals surface area (Å²) in [6, 6.07) is 15.4. The summed E-state index contributed by atoms with van der Waals surface area (Å²) in [5, 5.41) is 3.83. The van der Waals surface area contributed by atoms with Crippen molar-refractivity contribution in [1.82, 2.24) is 9.29 Å². The molecule has 1 amide bonds. The second-order valence-corrected chi connectivity index (χ2v) is 8.79. The maximum atomic E-state index is 12.4. The van der Waals surface area contributed by atoms with Gasteiger partial charge in [0.25, 0.3) is 0 Å². The number of fused-ring (bicyclic) bond motifs is 1. The Morgan fingerprint density at radius 3 is 2.50 bits per heavy atom. The Balaban J connectivity index is 1.65. The van der Waals surface area contributed by atoms with E-state index in [1.807, 2.05) is 54.7 Å². The quantitative estimate of drug-likeness (QED) is 0.610. The fourth-order valence-electron chi connectivity index (χ4n) is 3.13. The maximum absolute atomic E-state index is 12.4. The van der Waals surface area contributed by atoms with Crippen LogP contribution in [-0.2, 0) is 27.7 Å². The largest absolute Gasteiger partial charge is 0.361 e. The minimum Gasteiger partial charge on any atom is -0.361 e. The zero-order valence-corrected chi connectivity index (χ0v) is 16.9. The lowest BCUT2D eigenvalue weighted by molar-refractivity contribution is -0.116. The van der Waals surface area contributed by atoms with E-state index < -0.39 is 10.0 Å². The number of carbonyl (C=O) groups is 1. The van der Waals surface area contributed by atoms with E-state index in [9.17, 15) is 13.2 Å². The minimum absolute atomic E-state index is 0.212. The van der Waals surface area contributed by atoms with Crippen molar-refractivity contribution < 1.29 is 13.2 Å². The number of aromatic amines is 1. The van der Waals surface area contributed by atoms with E-state index in [-0.39, 0.29) is 19.0 Å². The summed E-state index contributed by atoms with van der Waals surface area (Å²) in [4.78, 5) is 15.6. The molecule has 0 bridgehead atoms. The van der Waals surface area contributed by atoms with E-state index in [4.69, 9.17) is 0 Å². The fourth-order valence-corrected chi connectivity index (χ4v) is 3.90. The van der Waals surface area contributed by atoms with Crippen LogP contribution in [0.2, 0.25) is 0 Å². The number of aryl methyl sites for hydroxylation is 1. The summed E-state index contributed by atoms with van der Waals surface area (Å²) in [6.45, 7) is 2.09. The predicted octanol–water partition coefficient (Wildman–Crippen LogP) is 3.17. The first-order chi connectivity index (χ1) is 13.4. The van der Waals surface area contributed by atoms with Crippen molar-refractivity contribution >= 4 is 32.5 Å². The topological polar surface area (TPSA) is 82.3 Å². The first kappa shape index (κ1) is 20.1. The van der Waals surface area contributed by atoms with Gasteiger partial charge in [0, 0.05) is 29.3 Å². The second-order valence-electron chi connectivity index (χ2n) is 6.80. The van der Waals surface area contributed by atoms with Gasteiger partial charge in [-0.3, -0.25) is 4.79 Å². The van der Waals surface area contributed by atoms with Crippen LogP contribution >= 0.6 is 0 Å². The number of carbonyl (C=O) groups excluding carboxylic acids is 1. The van der Waals surface area contributed by atoms with Crippen LogP contribution in [0.25, 0.3) is 10.9 Å². The Hall–Kier alpha value is -2.64. The minimum atomic E-state index is -3.51. The lowest BCUT2D eigenvalue weighted by Gasteiger charge is -2.19. The molecule has 0 spiro atoms. The molecule has 0 atom stereocenters. The maximum Gasteiger partial charge on any atom is 0.239 e. The fraction of sp³-hybridized carbons (Fsp3) is 0.286. The van der Waals surface area contributed by atoms with E-state index in [2.05, 4.69) is 17.2 Å². The number of nitrogens with zero attached hydrogens (tertiary/aromatic N) is 1. The Morgan fingerprint density at radius 1 is 1.11 bits per heavy atom. The summed E-state index contributed by atoms with van der Waals surface area (Å²) >= 11 is 0. The van der Waals surface area contributed by atoms with Gasteiger partial charge in [0.05, 0.1) is 12.8 Å². The molecule has 1 heterocycles. The van der Waals surface area contributed by atoms with E-state index in [0.717, 1.165) is 29.1 Å². The van der Waals surface area contributed by atoms with Gasteiger partial charge in [0.2, 0.25) is 15.9 Å². The van der Waals surface area contributed by atoms with Gasteiger partial charge in [-0.05, 0) is 42.2 Å². The molecule has 1 aromatic heterocycles. The first-order valence-corrected chi connectivity index (χ1v) is 11.1. The molecule has 0 aliphatic heterocycles. The van der Waals surface area contributed by atoms with Crippen LogP contribution in [0.1, 0.15) is 18.1 Å². The number of nitrogens with one attached hydrogen (secondary N) is 2. The molecule has 0 aliphatic carbocycles. The highest BCUT2D eigenvalue weighted by atomic mass is 32.2. The van der Waals surface area contributed by atoms with Crippen LogP contribution in [0.5, 0.6) is 0 Å². The molecule has 148 valence electrons. The summed E-state index contributed by atoms with van der Waals surface area (Å²) in [6.07, 6.45) is 4.46. The molecule has 0 fully saturated rings. The van der Waals surface area contributed by atoms with Gasteiger partial charge in [-0.2, -0.15) is 4.31 Å². The monoisotopic (exact) mass is 399 g/mol. The zero-order chi connectivity index (χ0) is 20.1. The summed E-state index contributed by atoms with van der Waals surface area (Å²) in [5.41, 5.74) is 3.87. The number of para-hydroxylation sites is 1. The van der Waals surface area contributed by atoms with Crippen molar-refractivity contribution in [1.29, 1.82) is 0 Å². The van der Waals surface area contributed by atoms with Crippen molar-refractivity contribution in [3.05, 3.63) is 65.9 Å². The number of sulfonamides is 1. The third kappa shape index (κ3) is 4.99. The Labute approximate surface area is 165 Å². The van der Waals surface area contributed by atoms with Crippen LogP contribution in [0, 0.1) is 0 Å². The molecule has 0 radical (unpaired) electrons. The number of rotatable bonds is 8. The smallest absolute Gasteiger partial charge is 0.239 e. The highest BCUT2D eigenvalue weighted by molar-refractivity contribution is 7.88. The normalized spacial score (nSPS) is 11.8. The third-order valence-electron chi connectivity index (χ3n) is 4.74. The number of benzene rings is 2. The van der Waals surface area contributed by atoms with E-state index >= 15 is 0 Å². The lowest BCUT2D eigenvalue weighted by Crippen LogP contribution is -2.38. The SMILES string of the molecule is CCc1ccc(NC(=O)CN(CCc2c[nH]c3ccccc23)S(C)(=O)=O)cc1. The predicted molar refractivity (Wildman–Crippen MR) is 113 cm³/mol. The molecule has 0 aliphatic rings. The van der Waals surface area contributed by atoms with Gasteiger partial charge in [-0.15, -0.1) is 0 Å². The first-order valence-electron chi connectivity index (χ1n) is 9.25. The molecule has 0 saturated heterocycles. The number of hydrogen-bond acceptors (Lipinski definition) is 3. The molecule has 0 saturated carbocycles. The van der Waals surface area contributed by atoms with Crippen molar-refractivity contribution in [3.8, 4) is 0 Å². The molecule has 28 heavy (non-hydrogen) atoms. The van der Waals surface area contributed by atoms with Gasteiger partial charge in [0.15, 0.2) is 0 Å². The lowest BCUT2D eigenvalue weighted by atomic mass is 10.1. The number of H-pyrrole nitrogens is 1. The summed E-state index contributed by atoms with van der Waals surface area (Å²) in [7, 11) is -3.51. The molecule has 3 aromatic rings. The molecular formula is C21H25N3O3S. The number of anilines is 1.